The van der Waals surface area contributed by atoms with Gasteiger partial charge in [0.25, 0.3) is 0 Å². The molecule has 0 aromatic carbocycles. The Hall–Kier alpha value is -1.12. The molecule has 0 atom stereocenters. The van der Waals surface area contributed by atoms with Gasteiger partial charge in [0.15, 0.2) is 0 Å². The lowest BCUT2D eigenvalue weighted by molar-refractivity contribution is 0.606. The molecule has 0 amide bonds. The second kappa shape index (κ2) is 4.70. The predicted octanol–water partition coefficient (Wildman–Crippen LogP) is 1.93. The fourth-order valence-corrected chi connectivity index (χ4v) is 0.884. The van der Waals surface area contributed by atoms with Crippen LogP contribution in [0.3, 0.4) is 0 Å². The molecule has 0 fully saturated rings. The van der Waals surface area contributed by atoms with Crippen molar-refractivity contribution in [2.24, 2.45) is 5.92 Å². The molecular weight excluding hydrogens is 150 g/mol. The fraction of sp³-hybridized carbons (Fsp3) is 0.556. The zero-order valence-corrected chi connectivity index (χ0v) is 7.62. The van der Waals surface area contributed by atoms with Crippen LogP contribution in [-0.2, 0) is 0 Å². The molecule has 0 spiro atoms. The second-order valence-electron chi connectivity index (χ2n) is 3.20. The van der Waals surface area contributed by atoms with Gasteiger partial charge in [-0.25, -0.2) is 9.97 Å². The SMILES string of the molecule is CC(C)CCNc1ccncn1. The third-order valence-electron chi connectivity index (χ3n) is 1.61. The van der Waals surface area contributed by atoms with Gasteiger partial charge in [0.05, 0.1) is 0 Å². The number of nitrogens with one attached hydrogen (secondary N) is 1. The molecule has 3 heteroatoms. The van der Waals surface area contributed by atoms with Gasteiger partial charge in [0.1, 0.15) is 12.1 Å². The van der Waals surface area contributed by atoms with Gasteiger partial charge >= 0.3 is 0 Å². The summed E-state index contributed by atoms with van der Waals surface area (Å²) >= 11 is 0. The highest BCUT2D eigenvalue weighted by atomic mass is 15.0. The maximum atomic E-state index is 4.05. The van der Waals surface area contributed by atoms with Crippen LogP contribution in [0.15, 0.2) is 18.6 Å². The summed E-state index contributed by atoms with van der Waals surface area (Å²) in [6.45, 7) is 5.40. The van der Waals surface area contributed by atoms with Crippen molar-refractivity contribution in [3.63, 3.8) is 0 Å². The minimum atomic E-state index is 0.735. The van der Waals surface area contributed by atoms with Crippen LogP contribution in [0.5, 0.6) is 0 Å². The molecule has 1 aromatic rings. The first-order chi connectivity index (χ1) is 5.79. The quantitative estimate of drug-likeness (QED) is 0.740. The van der Waals surface area contributed by atoms with Crippen LogP contribution in [0.4, 0.5) is 5.82 Å². The Morgan fingerprint density at radius 3 is 2.92 bits per heavy atom. The lowest BCUT2D eigenvalue weighted by atomic mass is 10.1. The van der Waals surface area contributed by atoms with Crippen molar-refractivity contribution in [3.05, 3.63) is 18.6 Å². The van der Waals surface area contributed by atoms with E-state index in [2.05, 4.69) is 29.1 Å². The molecule has 0 bridgehead atoms. The van der Waals surface area contributed by atoms with Gasteiger partial charge in [-0.3, -0.25) is 0 Å². The van der Waals surface area contributed by atoms with E-state index in [0.29, 0.717) is 0 Å². The number of nitrogens with zero attached hydrogens (tertiary/aromatic N) is 2. The van der Waals surface area contributed by atoms with E-state index in [-0.39, 0.29) is 0 Å². The Balaban J connectivity index is 2.25. The normalized spacial score (nSPS) is 10.2. The molecule has 3 nitrogen and oxygen atoms in total. The van der Waals surface area contributed by atoms with E-state index in [1.54, 1.807) is 12.5 Å². The molecule has 0 saturated heterocycles. The van der Waals surface area contributed by atoms with Gasteiger partial charge in [-0.1, -0.05) is 13.8 Å². The van der Waals surface area contributed by atoms with Crippen molar-refractivity contribution in [1.82, 2.24) is 9.97 Å². The molecule has 1 N–H and O–H groups in total. The van der Waals surface area contributed by atoms with Crippen molar-refractivity contribution in [1.29, 1.82) is 0 Å². The maximum absolute atomic E-state index is 4.05. The Bertz CT molecular complexity index is 208. The van der Waals surface area contributed by atoms with E-state index in [1.807, 2.05) is 6.07 Å². The minimum absolute atomic E-state index is 0.735. The van der Waals surface area contributed by atoms with E-state index in [9.17, 15) is 0 Å². The van der Waals surface area contributed by atoms with Crippen molar-refractivity contribution in [2.75, 3.05) is 11.9 Å². The highest BCUT2D eigenvalue weighted by Crippen LogP contribution is 2.02. The summed E-state index contributed by atoms with van der Waals surface area (Å²) in [4.78, 5) is 7.89. The van der Waals surface area contributed by atoms with E-state index in [4.69, 9.17) is 0 Å². The van der Waals surface area contributed by atoms with E-state index < -0.39 is 0 Å². The molecule has 0 aliphatic rings. The van der Waals surface area contributed by atoms with E-state index >= 15 is 0 Å². The summed E-state index contributed by atoms with van der Waals surface area (Å²) in [5, 5.41) is 3.22. The molecule has 0 aliphatic heterocycles. The van der Waals surface area contributed by atoms with Crippen LogP contribution in [0.25, 0.3) is 0 Å². The minimum Gasteiger partial charge on any atom is -0.370 e. The van der Waals surface area contributed by atoms with Gasteiger partial charge in [-0.05, 0) is 18.4 Å². The van der Waals surface area contributed by atoms with Gasteiger partial charge in [-0.15, -0.1) is 0 Å². The van der Waals surface area contributed by atoms with Crippen LogP contribution < -0.4 is 5.32 Å². The molecule has 0 aliphatic carbocycles. The van der Waals surface area contributed by atoms with Gasteiger partial charge in [-0.2, -0.15) is 0 Å². The van der Waals surface area contributed by atoms with Crippen LogP contribution in [-0.4, -0.2) is 16.5 Å². The van der Waals surface area contributed by atoms with Crippen molar-refractivity contribution >= 4 is 5.82 Å². The van der Waals surface area contributed by atoms with E-state index in [1.165, 1.54) is 6.42 Å². The second-order valence-corrected chi connectivity index (χ2v) is 3.20. The number of hydrogen-bond acceptors (Lipinski definition) is 3. The topological polar surface area (TPSA) is 37.8 Å². The molecular formula is C9H15N3. The van der Waals surface area contributed by atoms with Crippen LogP contribution in [0.1, 0.15) is 20.3 Å². The monoisotopic (exact) mass is 165 g/mol. The average molecular weight is 165 g/mol. The first-order valence-electron chi connectivity index (χ1n) is 4.29. The summed E-state index contributed by atoms with van der Waals surface area (Å²) in [7, 11) is 0. The Labute approximate surface area is 73.2 Å². The molecule has 12 heavy (non-hydrogen) atoms. The highest BCUT2D eigenvalue weighted by molar-refractivity contribution is 5.31. The van der Waals surface area contributed by atoms with Crippen LogP contribution >= 0.6 is 0 Å². The molecule has 1 rings (SSSR count). The average Bonchev–Trinajstić information content (AvgIpc) is 2.05. The maximum Gasteiger partial charge on any atom is 0.129 e. The summed E-state index contributed by atoms with van der Waals surface area (Å²) in [5.74, 6) is 1.64. The Morgan fingerprint density at radius 2 is 2.33 bits per heavy atom. The molecule has 1 aromatic heterocycles. The predicted molar refractivity (Wildman–Crippen MR) is 50.0 cm³/mol. The van der Waals surface area contributed by atoms with Gasteiger partial charge in [0, 0.05) is 12.7 Å². The molecule has 0 saturated carbocycles. The zero-order chi connectivity index (χ0) is 8.81. The van der Waals surface area contributed by atoms with Gasteiger partial charge < -0.3 is 5.32 Å². The first kappa shape index (κ1) is 8.97. The molecule has 66 valence electrons. The number of hydrogen-bond donors (Lipinski definition) is 1. The number of aromatic nitrogens is 2. The summed E-state index contributed by atoms with van der Waals surface area (Å²) in [6.07, 6.45) is 4.46. The summed E-state index contributed by atoms with van der Waals surface area (Å²) < 4.78 is 0. The third kappa shape index (κ3) is 3.32. The lowest BCUT2D eigenvalue weighted by Gasteiger charge is -2.06. The van der Waals surface area contributed by atoms with Crippen LogP contribution in [0.2, 0.25) is 0 Å². The van der Waals surface area contributed by atoms with Crippen molar-refractivity contribution in [2.45, 2.75) is 20.3 Å². The smallest absolute Gasteiger partial charge is 0.129 e. The summed E-state index contributed by atoms with van der Waals surface area (Å²) in [6, 6.07) is 1.88. The van der Waals surface area contributed by atoms with Gasteiger partial charge in [0.2, 0.25) is 0 Å². The van der Waals surface area contributed by atoms with Crippen LogP contribution in [0, 0.1) is 5.92 Å². The third-order valence-corrected chi connectivity index (χ3v) is 1.61. The Kier molecular flexibility index (Phi) is 3.51. The lowest BCUT2D eigenvalue weighted by Crippen LogP contribution is -2.05. The standard InChI is InChI=1S/C9H15N3/c1-8(2)3-6-11-9-4-5-10-7-12-9/h4-5,7-8H,3,6H2,1-2H3,(H,10,11,12). The number of rotatable bonds is 4. The Morgan fingerprint density at radius 1 is 1.50 bits per heavy atom. The molecule has 0 unspecified atom stereocenters. The molecule has 0 radical (unpaired) electrons. The fourth-order valence-electron chi connectivity index (χ4n) is 0.884. The first-order valence-corrected chi connectivity index (χ1v) is 4.29. The largest absolute Gasteiger partial charge is 0.370 e. The summed E-state index contributed by atoms with van der Waals surface area (Å²) in [5.41, 5.74) is 0. The number of anilines is 1. The highest BCUT2D eigenvalue weighted by Gasteiger charge is 1.94. The molecule has 1 heterocycles. The van der Waals surface area contributed by atoms with E-state index in [0.717, 1.165) is 18.3 Å². The van der Waals surface area contributed by atoms with Crippen molar-refractivity contribution < 1.29 is 0 Å². The van der Waals surface area contributed by atoms with Crippen molar-refractivity contribution in [3.8, 4) is 0 Å². The zero-order valence-electron chi connectivity index (χ0n) is 7.62.